The molecule has 0 aliphatic heterocycles. The van der Waals surface area contributed by atoms with E-state index in [2.05, 4.69) is 14.9 Å². The van der Waals surface area contributed by atoms with Gasteiger partial charge in [0.25, 0.3) is 0 Å². The first-order valence-corrected chi connectivity index (χ1v) is 9.11. The van der Waals surface area contributed by atoms with Crippen molar-refractivity contribution in [2.24, 2.45) is 0 Å². The SMILES string of the molecule is FC(F)C(F)(F)COCCc1nc(CCCOc2cccc3ccccc23)no1. The van der Waals surface area contributed by atoms with E-state index in [0.29, 0.717) is 25.3 Å². The molecule has 2 aromatic carbocycles. The fourth-order valence-corrected chi connectivity index (χ4v) is 2.66. The van der Waals surface area contributed by atoms with E-state index in [1.54, 1.807) is 0 Å². The van der Waals surface area contributed by atoms with Crippen LogP contribution in [0.2, 0.25) is 0 Å². The van der Waals surface area contributed by atoms with Crippen LogP contribution in [0.3, 0.4) is 0 Å². The summed E-state index contributed by atoms with van der Waals surface area (Å²) < 4.78 is 64.9. The summed E-state index contributed by atoms with van der Waals surface area (Å²) in [5.41, 5.74) is 0. The highest BCUT2D eigenvalue weighted by Crippen LogP contribution is 2.25. The molecule has 0 aliphatic rings. The summed E-state index contributed by atoms with van der Waals surface area (Å²) in [5, 5.41) is 5.94. The van der Waals surface area contributed by atoms with Gasteiger partial charge in [-0.1, -0.05) is 41.6 Å². The molecule has 0 bridgehead atoms. The van der Waals surface area contributed by atoms with Gasteiger partial charge in [-0.3, -0.25) is 0 Å². The maximum absolute atomic E-state index is 12.7. The van der Waals surface area contributed by atoms with Gasteiger partial charge >= 0.3 is 12.3 Å². The van der Waals surface area contributed by atoms with Crippen molar-refractivity contribution in [3.8, 4) is 5.75 Å². The van der Waals surface area contributed by atoms with Crippen molar-refractivity contribution in [2.45, 2.75) is 31.6 Å². The number of aromatic nitrogens is 2. The normalized spacial score (nSPS) is 12.0. The van der Waals surface area contributed by atoms with Crippen molar-refractivity contribution in [2.75, 3.05) is 19.8 Å². The number of nitrogens with zero attached hydrogens (tertiary/aromatic N) is 2. The Bertz CT molecular complexity index is 912. The molecule has 3 rings (SSSR count). The summed E-state index contributed by atoms with van der Waals surface area (Å²) in [6.07, 6.45) is -2.52. The van der Waals surface area contributed by atoms with Gasteiger partial charge in [-0.15, -0.1) is 0 Å². The maximum atomic E-state index is 12.7. The summed E-state index contributed by atoms with van der Waals surface area (Å²) in [7, 11) is 0. The Morgan fingerprint density at radius 3 is 2.62 bits per heavy atom. The van der Waals surface area contributed by atoms with Gasteiger partial charge in [-0.05, 0) is 17.9 Å². The first-order chi connectivity index (χ1) is 14.0. The van der Waals surface area contributed by atoms with Crippen LogP contribution in [0.15, 0.2) is 47.0 Å². The number of benzene rings is 2. The number of alkyl halides is 4. The van der Waals surface area contributed by atoms with Gasteiger partial charge in [-0.25, -0.2) is 8.78 Å². The molecular weight excluding hydrogens is 392 g/mol. The number of ether oxygens (including phenoxy) is 2. The van der Waals surface area contributed by atoms with Crippen molar-refractivity contribution < 1.29 is 31.6 Å². The molecule has 1 heterocycles. The van der Waals surface area contributed by atoms with Gasteiger partial charge in [0.2, 0.25) is 5.89 Å². The molecule has 0 N–H and O–H groups in total. The maximum Gasteiger partial charge on any atom is 0.330 e. The number of hydrogen-bond acceptors (Lipinski definition) is 5. The minimum absolute atomic E-state index is 0.0683. The molecule has 156 valence electrons. The van der Waals surface area contributed by atoms with Crippen LogP contribution in [-0.4, -0.2) is 42.3 Å². The first kappa shape index (κ1) is 21.0. The van der Waals surface area contributed by atoms with Crippen LogP contribution in [-0.2, 0) is 17.6 Å². The molecule has 29 heavy (non-hydrogen) atoms. The number of hydrogen-bond donors (Lipinski definition) is 0. The smallest absolute Gasteiger partial charge is 0.330 e. The molecule has 0 saturated heterocycles. The van der Waals surface area contributed by atoms with Gasteiger partial charge in [0.1, 0.15) is 12.4 Å². The molecule has 0 atom stereocenters. The molecule has 0 aliphatic carbocycles. The summed E-state index contributed by atoms with van der Waals surface area (Å²) in [5.74, 6) is -2.70. The largest absolute Gasteiger partial charge is 0.493 e. The van der Waals surface area contributed by atoms with Gasteiger partial charge in [0.05, 0.1) is 19.6 Å². The summed E-state index contributed by atoms with van der Waals surface area (Å²) in [4.78, 5) is 4.12. The monoisotopic (exact) mass is 412 g/mol. The molecule has 0 unspecified atom stereocenters. The summed E-state index contributed by atoms with van der Waals surface area (Å²) in [6.45, 7) is -1.10. The van der Waals surface area contributed by atoms with Gasteiger partial charge in [-0.2, -0.15) is 13.8 Å². The van der Waals surface area contributed by atoms with Crippen LogP contribution in [0.1, 0.15) is 18.1 Å². The Morgan fingerprint density at radius 1 is 1.00 bits per heavy atom. The van der Waals surface area contributed by atoms with E-state index in [0.717, 1.165) is 16.5 Å². The average molecular weight is 412 g/mol. The first-order valence-electron chi connectivity index (χ1n) is 9.11. The van der Waals surface area contributed by atoms with Crippen molar-refractivity contribution in [3.63, 3.8) is 0 Å². The van der Waals surface area contributed by atoms with Crippen LogP contribution in [0.25, 0.3) is 10.8 Å². The average Bonchev–Trinajstić information content (AvgIpc) is 3.16. The fraction of sp³-hybridized carbons (Fsp3) is 0.400. The van der Waals surface area contributed by atoms with Crippen molar-refractivity contribution in [1.82, 2.24) is 10.1 Å². The number of fused-ring (bicyclic) bond motifs is 1. The summed E-state index contributed by atoms with van der Waals surface area (Å²) >= 11 is 0. The molecular formula is C20H20F4N2O3. The second kappa shape index (κ2) is 9.69. The standard InChI is InChI=1S/C20H20F4N2O3/c21-19(22)20(23,24)13-27-12-10-18-25-17(26-29-18)9-4-11-28-16-8-3-6-14-5-1-2-7-15(14)16/h1-3,5-8,19H,4,9-13H2. The van der Waals surface area contributed by atoms with Gasteiger partial charge in [0, 0.05) is 11.8 Å². The van der Waals surface area contributed by atoms with Crippen LogP contribution >= 0.6 is 0 Å². The Morgan fingerprint density at radius 2 is 1.79 bits per heavy atom. The molecule has 0 saturated carbocycles. The third kappa shape index (κ3) is 5.90. The van der Waals surface area contributed by atoms with E-state index in [4.69, 9.17) is 9.26 Å². The second-order valence-electron chi connectivity index (χ2n) is 6.40. The Balaban J connectivity index is 1.38. The Labute approximate surface area is 164 Å². The Hall–Kier alpha value is -2.68. The lowest BCUT2D eigenvalue weighted by Gasteiger charge is -2.14. The Kier molecular flexibility index (Phi) is 7.03. The number of rotatable bonds is 11. The second-order valence-corrected chi connectivity index (χ2v) is 6.40. The lowest BCUT2D eigenvalue weighted by molar-refractivity contribution is -0.165. The molecule has 5 nitrogen and oxygen atoms in total. The summed E-state index contributed by atoms with van der Waals surface area (Å²) in [6, 6.07) is 13.8. The molecule has 3 aromatic rings. The molecule has 0 spiro atoms. The quantitative estimate of drug-likeness (QED) is 0.338. The highest BCUT2D eigenvalue weighted by molar-refractivity contribution is 5.88. The predicted octanol–water partition coefficient (Wildman–Crippen LogP) is 4.69. The minimum atomic E-state index is -4.16. The van der Waals surface area contributed by atoms with Crippen molar-refractivity contribution >= 4 is 10.8 Å². The lowest BCUT2D eigenvalue weighted by Crippen LogP contribution is -2.32. The highest BCUT2D eigenvalue weighted by Gasteiger charge is 2.40. The zero-order chi connectivity index (χ0) is 20.7. The van der Waals surface area contributed by atoms with Gasteiger partial charge < -0.3 is 14.0 Å². The predicted molar refractivity (Wildman–Crippen MR) is 97.5 cm³/mol. The van der Waals surface area contributed by atoms with E-state index in [1.807, 2.05) is 42.5 Å². The van der Waals surface area contributed by atoms with Crippen molar-refractivity contribution in [1.29, 1.82) is 0 Å². The molecule has 0 radical (unpaired) electrons. The molecule has 0 amide bonds. The van der Waals surface area contributed by atoms with E-state index in [9.17, 15) is 17.6 Å². The van der Waals surface area contributed by atoms with Crippen LogP contribution < -0.4 is 4.74 Å². The van der Waals surface area contributed by atoms with E-state index in [-0.39, 0.29) is 18.9 Å². The number of halogens is 4. The van der Waals surface area contributed by atoms with Crippen molar-refractivity contribution in [3.05, 3.63) is 54.2 Å². The molecule has 1 aromatic heterocycles. The zero-order valence-corrected chi connectivity index (χ0v) is 15.5. The molecule has 0 fully saturated rings. The minimum Gasteiger partial charge on any atom is -0.493 e. The van der Waals surface area contributed by atoms with E-state index >= 15 is 0 Å². The number of aryl methyl sites for hydroxylation is 1. The topological polar surface area (TPSA) is 57.4 Å². The lowest BCUT2D eigenvalue weighted by atomic mass is 10.1. The van der Waals surface area contributed by atoms with Crippen LogP contribution in [0.4, 0.5) is 17.6 Å². The third-order valence-corrected chi connectivity index (χ3v) is 4.14. The molecule has 9 heteroatoms. The third-order valence-electron chi connectivity index (χ3n) is 4.14. The highest BCUT2D eigenvalue weighted by atomic mass is 19.3. The van der Waals surface area contributed by atoms with E-state index in [1.165, 1.54) is 0 Å². The van der Waals surface area contributed by atoms with Gasteiger partial charge in [0.15, 0.2) is 5.82 Å². The van der Waals surface area contributed by atoms with Crippen LogP contribution in [0, 0.1) is 0 Å². The zero-order valence-electron chi connectivity index (χ0n) is 15.5. The van der Waals surface area contributed by atoms with Crippen LogP contribution in [0.5, 0.6) is 5.75 Å². The fourth-order valence-electron chi connectivity index (χ4n) is 2.66. The van der Waals surface area contributed by atoms with E-state index < -0.39 is 19.0 Å².